The number of para-hydroxylation sites is 1. The van der Waals surface area contributed by atoms with Gasteiger partial charge in [0, 0.05) is 6.07 Å². The fourth-order valence-electron chi connectivity index (χ4n) is 1.69. The topological polar surface area (TPSA) is 69.4 Å². The van der Waals surface area contributed by atoms with Crippen LogP contribution in [0.25, 0.3) is 0 Å². The van der Waals surface area contributed by atoms with E-state index in [4.69, 9.17) is 4.74 Å². The maximum atomic E-state index is 13.7. The van der Waals surface area contributed by atoms with Gasteiger partial charge in [-0.1, -0.05) is 6.07 Å². The summed E-state index contributed by atoms with van der Waals surface area (Å²) in [6.45, 7) is 1.22. The molecule has 108 valence electrons. The zero-order valence-electron chi connectivity index (χ0n) is 10.8. The van der Waals surface area contributed by atoms with Gasteiger partial charge in [-0.2, -0.15) is 0 Å². The second-order valence-corrected chi connectivity index (χ2v) is 4.15. The van der Waals surface area contributed by atoms with Gasteiger partial charge < -0.3 is 4.74 Å². The molecule has 2 rings (SSSR count). The highest BCUT2D eigenvalue weighted by molar-refractivity contribution is 5.96. The molecule has 0 fully saturated rings. The number of nitro benzene ring substituents is 1. The molecule has 0 saturated heterocycles. The zero-order valence-corrected chi connectivity index (χ0v) is 10.8. The second-order valence-electron chi connectivity index (χ2n) is 4.15. The van der Waals surface area contributed by atoms with Gasteiger partial charge in [-0.3, -0.25) is 14.9 Å². The summed E-state index contributed by atoms with van der Waals surface area (Å²) < 4.78 is 32.5. The first-order chi connectivity index (χ1) is 9.90. The number of hydrogen-bond acceptors (Lipinski definition) is 4. The van der Waals surface area contributed by atoms with Crippen LogP contribution in [0.5, 0.6) is 11.5 Å². The molecular weight excluding hydrogens is 284 g/mol. The Morgan fingerprint density at radius 3 is 2.48 bits per heavy atom. The minimum atomic E-state index is -1.03. The number of Topliss-reactive ketones (excluding diaryl/α,β-unsaturated/α-hetero) is 1. The molecule has 0 atom stereocenters. The van der Waals surface area contributed by atoms with Gasteiger partial charge in [0.1, 0.15) is 0 Å². The molecule has 7 heteroatoms. The van der Waals surface area contributed by atoms with Crippen molar-refractivity contribution in [2.45, 2.75) is 6.92 Å². The fourth-order valence-corrected chi connectivity index (χ4v) is 1.69. The van der Waals surface area contributed by atoms with E-state index in [1.54, 1.807) is 0 Å². The van der Waals surface area contributed by atoms with Crippen LogP contribution in [0.4, 0.5) is 14.5 Å². The number of carbonyl (C=O) groups is 1. The van der Waals surface area contributed by atoms with Crippen molar-refractivity contribution >= 4 is 11.5 Å². The number of hydrogen-bond donors (Lipinski definition) is 0. The first kappa shape index (κ1) is 14.6. The highest BCUT2D eigenvalue weighted by Crippen LogP contribution is 2.31. The Kier molecular flexibility index (Phi) is 3.93. The molecule has 2 aromatic carbocycles. The van der Waals surface area contributed by atoms with Crippen LogP contribution in [0.15, 0.2) is 36.4 Å². The zero-order chi connectivity index (χ0) is 15.6. The minimum absolute atomic E-state index is 0.0484. The van der Waals surface area contributed by atoms with E-state index in [1.807, 2.05) is 0 Å². The van der Waals surface area contributed by atoms with Gasteiger partial charge in [0.2, 0.25) is 0 Å². The Balaban J connectivity index is 2.44. The van der Waals surface area contributed by atoms with Crippen LogP contribution in [0, 0.1) is 21.7 Å². The average Bonchev–Trinajstić information content (AvgIpc) is 2.42. The predicted molar refractivity (Wildman–Crippen MR) is 69.5 cm³/mol. The van der Waals surface area contributed by atoms with E-state index in [2.05, 4.69) is 0 Å². The van der Waals surface area contributed by atoms with Crippen molar-refractivity contribution in [2.24, 2.45) is 0 Å². The van der Waals surface area contributed by atoms with Crippen molar-refractivity contribution < 1.29 is 23.2 Å². The van der Waals surface area contributed by atoms with Gasteiger partial charge >= 0.3 is 0 Å². The van der Waals surface area contributed by atoms with Crippen LogP contribution in [0.2, 0.25) is 0 Å². The van der Waals surface area contributed by atoms with E-state index < -0.39 is 39.5 Å². The van der Waals surface area contributed by atoms with Crippen molar-refractivity contribution in [2.75, 3.05) is 0 Å². The molecule has 0 aromatic heterocycles. The molecule has 0 unspecified atom stereocenters. The molecule has 0 bridgehead atoms. The smallest absolute Gasteiger partial charge is 0.272 e. The number of nitro groups is 1. The van der Waals surface area contributed by atoms with Gasteiger partial charge in [-0.05, 0) is 25.1 Å². The van der Waals surface area contributed by atoms with Gasteiger partial charge in [0.15, 0.2) is 28.9 Å². The number of halogens is 2. The molecular formula is C14H9F2NO4. The molecule has 0 aliphatic heterocycles. The van der Waals surface area contributed by atoms with Crippen LogP contribution < -0.4 is 4.74 Å². The third-order valence-electron chi connectivity index (χ3n) is 2.68. The van der Waals surface area contributed by atoms with Crippen LogP contribution >= 0.6 is 0 Å². The van der Waals surface area contributed by atoms with Crippen molar-refractivity contribution in [3.05, 3.63) is 63.7 Å². The summed E-state index contributed by atoms with van der Waals surface area (Å²) in [4.78, 5) is 21.2. The maximum Gasteiger partial charge on any atom is 0.272 e. The average molecular weight is 293 g/mol. The lowest BCUT2D eigenvalue weighted by molar-refractivity contribution is -0.385. The number of rotatable bonds is 4. The molecule has 0 radical (unpaired) electrons. The molecule has 0 N–H and O–H groups in total. The third kappa shape index (κ3) is 3.02. The molecule has 0 spiro atoms. The lowest BCUT2D eigenvalue weighted by Gasteiger charge is -2.10. The number of ketones is 1. The van der Waals surface area contributed by atoms with Gasteiger partial charge in [0.05, 0.1) is 16.6 Å². The van der Waals surface area contributed by atoms with Gasteiger partial charge in [-0.25, -0.2) is 8.78 Å². The largest absolute Gasteiger partial charge is 0.450 e. The summed E-state index contributed by atoms with van der Waals surface area (Å²) in [5.74, 6) is -3.14. The number of nitrogens with zero attached hydrogens (tertiary/aromatic N) is 1. The number of carbonyl (C=O) groups excluding carboxylic acids is 1. The number of benzene rings is 2. The normalized spacial score (nSPS) is 10.2. The summed E-state index contributed by atoms with van der Waals surface area (Å²) in [5, 5.41) is 10.5. The van der Waals surface area contributed by atoms with E-state index in [1.165, 1.54) is 19.1 Å². The molecule has 21 heavy (non-hydrogen) atoms. The summed E-state index contributed by atoms with van der Waals surface area (Å²) in [5.41, 5.74) is -0.507. The maximum absolute atomic E-state index is 13.7. The Labute approximate surface area is 117 Å². The lowest BCUT2D eigenvalue weighted by Crippen LogP contribution is -2.01. The Morgan fingerprint density at radius 2 is 1.90 bits per heavy atom. The highest BCUT2D eigenvalue weighted by atomic mass is 19.1. The number of ether oxygens (including phenoxy) is 1. The van der Waals surface area contributed by atoms with Crippen molar-refractivity contribution in [3.63, 3.8) is 0 Å². The molecule has 0 heterocycles. The minimum Gasteiger partial charge on any atom is -0.450 e. The predicted octanol–water partition coefficient (Wildman–Crippen LogP) is 3.87. The molecule has 0 saturated carbocycles. The van der Waals surface area contributed by atoms with Crippen molar-refractivity contribution in [1.82, 2.24) is 0 Å². The van der Waals surface area contributed by atoms with E-state index in [-0.39, 0.29) is 5.56 Å². The van der Waals surface area contributed by atoms with Crippen molar-refractivity contribution in [1.29, 1.82) is 0 Å². The van der Waals surface area contributed by atoms with E-state index >= 15 is 0 Å². The quantitative estimate of drug-likeness (QED) is 0.487. The summed E-state index contributed by atoms with van der Waals surface area (Å²) in [7, 11) is 0. The molecule has 0 aliphatic carbocycles. The van der Waals surface area contributed by atoms with Crippen LogP contribution in [-0.4, -0.2) is 10.7 Å². The first-order valence-electron chi connectivity index (χ1n) is 5.81. The number of non-ortho nitro benzene ring substituents is 1. The second kappa shape index (κ2) is 5.66. The first-order valence-corrected chi connectivity index (χ1v) is 5.81. The summed E-state index contributed by atoms with van der Waals surface area (Å²) in [6, 6.07) is 6.40. The molecule has 5 nitrogen and oxygen atoms in total. The van der Waals surface area contributed by atoms with Crippen LogP contribution in [0.3, 0.4) is 0 Å². The van der Waals surface area contributed by atoms with E-state index in [0.717, 1.165) is 18.2 Å². The summed E-state index contributed by atoms with van der Waals surface area (Å²) in [6.07, 6.45) is 0. The molecule has 0 aliphatic rings. The van der Waals surface area contributed by atoms with E-state index in [0.29, 0.717) is 6.07 Å². The monoisotopic (exact) mass is 293 g/mol. The third-order valence-corrected chi connectivity index (χ3v) is 2.68. The van der Waals surface area contributed by atoms with Gasteiger partial charge in [-0.15, -0.1) is 0 Å². The van der Waals surface area contributed by atoms with Crippen LogP contribution in [-0.2, 0) is 0 Å². The summed E-state index contributed by atoms with van der Waals surface area (Å²) >= 11 is 0. The SMILES string of the molecule is CC(=O)c1cccc(F)c1Oc1ccc([N+](=O)[O-])cc1F. The van der Waals surface area contributed by atoms with Crippen LogP contribution in [0.1, 0.15) is 17.3 Å². The molecule has 2 aromatic rings. The fraction of sp³-hybridized carbons (Fsp3) is 0.0714. The standard InChI is InChI=1S/C14H9F2NO4/c1-8(18)10-3-2-4-11(15)14(10)21-13-6-5-9(17(19)20)7-12(13)16/h2-7H,1H3. The highest BCUT2D eigenvalue weighted by Gasteiger charge is 2.18. The lowest BCUT2D eigenvalue weighted by atomic mass is 10.1. The Hall–Kier alpha value is -2.83. The van der Waals surface area contributed by atoms with Gasteiger partial charge in [0.25, 0.3) is 5.69 Å². The van der Waals surface area contributed by atoms with Crippen molar-refractivity contribution in [3.8, 4) is 11.5 Å². The Bertz CT molecular complexity index is 731. The Morgan fingerprint density at radius 1 is 1.19 bits per heavy atom. The molecule has 0 amide bonds. The van der Waals surface area contributed by atoms with E-state index in [9.17, 15) is 23.7 Å².